The Morgan fingerprint density at radius 3 is 2.85 bits per heavy atom. The van der Waals surface area contributed by atoms with Crippen molar-refractivity contribution < 1.29 is 10.0 Å². The summed E-state index contributed by atoms with van der Waals surface area (Å²) >= 11 is 0. The third kappa shape index (κ3) is 2.25. The lowest BCUT2D eigenvalue weighted by molar-refractivity contribution is -0.389. The lowest BCUT2D eigenvalue weighted by atomic mass is 10.4. The van der Waals surface area contributed by atoms with Gasteiger partial charge in [-0.3, -0.25) is 0 Å². The topological polar surface area (TPSA) is 81.2 Å². The zero-order valence-corrected chi connectivity index (χ0v) is 7.47. The number of hydrogen-bond acceptors (Lipinski definition) is 4. The molecule has 72 valence electrons. The van der Waals surface area contributed by atoms with Gasteiger partial charge in [0.05, 0.1) is 29.5 Å². The van der Waals surface area contributed by atoms with E-state index in [1.54, 1.807) is 13.8 Å². The fourth-order valence-corrected chi connectivity index (χ4v) is 1.02. The maximum absolute atomic E-state index is 10.3. The van der Waals surface area contributed by atoms with Gasteiger partial charge in [0.1, 0.15) is 0 Å². The molecule has 1 heterocycles. The zero-order valence-electron chi connectivity index (χ0n) is 7.47. The molecule has 1 aromatic heterocycles. The van der Waals surface area contributed by atoms with Gasteiger partial charge in [0.25, 0.3) is 0 Å². The lowest BCUT2D eigenvalue weighted by Crippen LogP contribution is -2.14. The van der Waals surface area contributed by atoms with Gasteiger partial charge in [-0.2, -0.15) is 4.68 Å². The summed E-state index contributed by atoms with van der Waals surface area (Å²) < 4.78 is 1.42. The first-order valence-corrected chi connectivity index (χ1v) is 3.87. The van der Waals surface area contributed by atoms with Gasteiger partial charge >= 0.3 is 5.82 Å². The average molecular weight is 185 g/mol. The van der Waals surface area contributed by atoms with Crippen molar-refractivity contribution in [3.63, 3.8) is 0 Å². The lowest BCUT2D eigenvalue weighted by Gasteiger charge is -2.01. The molecule has 0 bridgehead atoms. The molecule has 0 aromatic carbocycles. The first kappa shape index (κ1) is 9.66. The second-order valence-electron chi connectivity index (χ2n) is 2.93. The quantitative estimate of drug-likeness (QED) is 0.548. The predicted molar refractivity (Wildman–Crippen MR) is 45.3 cm³/mol. The molecule has 0 saturated heterocycles. The van der Waals surface area contributed by atoms with Crippen molar-refractivity contribution in [3.8, 4) is 0 Å². The van der Waals surface area contributed by atoms with Crippen molar-refractivity contribution in [2.45, 2.75) is 26.5 Å². The Balaban J connectivity index is 2.90. The van der Waals surface area contributed by atoms with E-state index in [9.17, 15) is 10.1 Å². The number of aryl methyl sites for hydroxylation is 1. The summed E-state index contributed by atoms with van der Waals surface area (Å²) in [6.07, 6.45) is -0.557. The van der Waals surface area contributed by atoms with Crippen molar-refractivity contribution in [1.29, 1.82) is 0 Å². The molecular weight excluding hydrogens is 174 g/mol. The maximum Gasteiger partial charge on any atom is 0.390 e. The Kier molecular flexibility index (Phi) is 2.62. The maximum atomic E-state index is 10.3. The Hall–Kier alpha value is -1.43. The molecule has 0 aliphatic carbocycles. The molecule has 1 aromatic rings. The molecule has 0 amide bonds. The number of aliphatic hydroxyl groups excluding tert-OH is 1. The van der Waals surface area contributed by atoms with E-state index in [1.165, 1.54) is 10.7 Å². The molecular formula is C7H11N3O3. The van der Waals surface area contributed by atoms with E-state index >= 15 is 0 Å². The minimum absolute atomic E-state index is 0.182. The SMILES string of the molecule is Cc1cc([N+](=O)[O-])nn1C[C@@H](C)O. The Bertz CT molecular complexity index is 319. The van der Waals surface area contributed by atoms with E-state index in [4.69, 9.17) is 5.11 Å². The van der Waals surface area contributed by atoms with Crippen LogP contribution in [-0.4, -0.2) is 25.9 Å². The molecule has 1 atom stereocenters. The first-order valence-electron chi connectivity index (χ1n) is 3.87. The highest BCUT2D eigenvalue weighted by Gasteiger charge is 2.15. The van der Waals surface area contributed by atoms with Gasteiger partial charge in [0, 0.05) is 0 Å². The first-order chi connectivity index (χ1) is 6.00. The molecule has 0 aliphatic heterocycles. The van der Waals surface area contributed by atoms with Gasteiger partial charge in [-0.15, -0.1) is 0 Å². The van der Waals surface area contributed by atoms with Gasteiger partial charge in [-0.1, -0.05) is 0 Å². The molecule has 6 heteroatoms. The van der Waals surface area contributed by atoms with Crippen LogP contribution in [0, 0.1) is 17.0 Å². The number of rotatable bonds is 3. The highest BCUT2D eigenvalue weighted by atomic mass is 16.6. The number of nitrogens with zero attached hydrogens (tertiary/aromatic N) is 3. The molecule has 0 spiro atoms. The molecule has 0 aliphatic rings. The van der Waals surface area contributed by atoms with Crippen molar-refractivity contribution in [2.75, 3.05) is 0 Å². The van der Waals surface area contributed by atoms with E-state index in [0.717, 1.165) is 0 Å². The Morgan fingerprint density at radius 1 is 1.85 bits per heavy atom. The normalized spacial score (nSPS) is 12.8. The van der Waals surface area contributed by atoms with Crippen LogP contribution in [0.15, 0.2) is 6.07 Å². The van der Waals surface area contributed by atoms with Crippen LogP contribution in [-0.2, 0) is 6.54 Å². The van der Waals surface area contributed by atoms with Crippen LogP contribution in [0.25, 0.3) is 0 Å². The summed E-state index contributed by atoms with van der Waals surface area (Å²) in [7, 11) is 0. The number of hydrogen-bond donors (Lipinski definition) is 1. The van der Waals surface area contributed by atoms with Crippen LogP contribution in [0.3, 0.4) is 0 Å². The minimum atomic E-state index is -0.557. The second kappa shape index (κ2) is 3.53. The summed E-state index contributed by atoms with van der Waals surface area (Å²) in [5, 5.41) is 23.1. The van der Waals surface area contributed by atoms with Crippen LogP contribution >= 0.6 is 0 Å². The molecule has 0 saturated carbocycles. The Morgan fingerprint density at radius 2 is 2.46 bits per heavy atom. The summed E-state index contributed by atoms with van der Waals surface area (Å²) in [6, 6.07) is 1.38. The van der Waals surface area contributed by atoms with Gasteiger partial charge < -0.3 is 15.2 Å². The van der Waals surface area contributed by atoms with Gasteiger partial charge in [-0.25, -0.2) is 0 Å². The molecule has 0 radical (unpaired) electrons. The third-order valence-corrected chi connectivity index (χ3v) is 1.59. The van der Waals surface area contributed by atoms with E-state index in [0.29, 0.717) is 5.69 Å². The summed E-state index contributed by atoms with van der Waals surface area (Å²) in [4.78, 5) is 9.77. The second-order valence-corrected chi connectivity index (χ2v) is 2.93. The molecule has 1 rings (SSSR count). The molecule has 1 N–H and O–H groups in total. The van der Waals surface area contributed by atoms with Crippen molar-refractivity contribution in [3.05, 3.63) is 21.9 Å². The average Bonchev–Trinajstić information content (AvgIpc) is 2.31. The van der Waals surface area contributed by atoms with E-state index < -0.39 is 11.0 Å². The summed E-state index contributed by atoms with van der Waals surface area (Å²) in [5.74, 6) is -0.182. The van der Waals surface area contributed by atoms with Crippen LogP contribution in [0.2, 0.25) is 0 Å². The number of aliphatic hydroxyl groups is 1. The van der Waals surface area contributed by atoms with E-state index in [-0.39, 0.29) is 12.4 Å². The van der Waals surface area contributed by atoms with E-state index in [2.05, 4.69) is 5.10 Å². The number of nitro groups is 1. The molecule has 6 nitrogen and oxygen atoms in total. The molecule has 0 unspecified atom stereocenters. The van der Waals surface area contributed by atoms with Crippen molar-refractivity contribution >= 4 is 5.82 Å². The van der Waals surface area contributed by atoms with Gasteiger partial charge in [0.2, 0.25) is 0 Å². The largest absolute Gasteiger partial charge is 0.391 e. The standard InChI is InChI=1S/C7H11N3O3/c1-5-3-7(10(12)13)8-9(5)4-6(2)11/h3,6,11H,4H2,1-2H3/t6-/m1/s1. The summed E-state index contributed by atoms with van der Waals surface area (Å²) in [6.45, 7) is 3.59. The van der Waals surface area contributed by atoms with E-state index in [1.807, 2.05) is 0 Å². The van der Waals surface area contributed by atoms with Crippen molar-refractivity contribution in [1.82, 2.24) is 9.78 Å². The highest BCUT2D eigenvalue weighted by molar-refractivity contribution is 5.20. The van der Waals surface area contributed by atoms with Gasteiger partial charge in [-0.05, 0) is 18.8 Å². The Labute approximate surface area is 74.9 Å². The minimum Gasteiger partial charge on any atom is -0.391 e. The zero-order chi connectivity index (χ0) is 10.0. The fraction of sp³-hybridized carbons (Fsp3) is 0.571. The monoisotopic (exact) mass is 185 g/mol. The van der Waals surface area contributed by atoms with Crippen LogP contribution in [0.5, 0.6) is 0 Å². The molecule has 0 fully saturated rings. The predicted octanol–water partition coefficient (Wildman–Crippen LogP) is 0.481. The number of aromatic nitrogens is 2. The van der Waals surface area contributed by atoms with Crippen LogP contribution in [0.4, 0.5) is 5.82 Å². The van der Waals surface area contributed by atoms with Gasteiger partial charge in [0.15, 0.2) is 0 Å². The third-order valence-electron chi connectivity index (χ3n) is 1.59. The fourth-order valence-electron chi connectivity index (χ4n) is 1.02. The smallest absolute Gasteiger partial charge is 0.390 e. The van der Waals surface area contributed by atoms with Crippen molar-refractivity contribution in [2.24, 2.45) is 0 Å². The molecule has 13 heavy (non-hydrogen) atoms. The highest BCUT2D eigenvalue weighted by Crippen LogP contribution is 2.10. The van der Waals surface area contributed by atoms with Crippen LogP contribution < -0.4 is 0 Å². The van der Waals surface area contributed by atoms with Crippen LogP contribution in [0.1, 0.15) is 12.6 Å². The summed E-state index contributed by atoms with van der Waals surface area (Å²) in [5.41, 5.74) is 0.674.